The summed E-state index contributed by atoms with van der Waals surface area (Å²) in [5.41, 5.74) is 5.40. The lowest BCUT2D eigenvalue weighted by molar-refractivity contribution is 0.249. The van der Waals surface area contributed by atoms with Crippen LogP contribution in [-0.2, 0) is 0 Å². The molecule has 110 valence electrons. The van der Waals surface area contributed by atoms with Gasteiger partial charge in [-0.3, -0.25) is 0 Å². The monoisotopic (exact) mass is 282 g/mol. The van der Waals surface area contributed by atoms with Gasteiger partial charge in [0.05, 0.1) is 6.04 Å². The van der Waals surface area contributed by atoms with Crippen LogP contribution >= 0.6 is 0 Å². The minimum absolute atomic E-state index is 0.0306. The van der Waals surface area contributed by atoms with Gasteiger partial charge < -0.3 is 10.6 Å². The Balaban J connectivity index is 2.03. The minimum atomic E-state index is -0.183. The molecule has 0 aliphatic rings. The molecule has 2 rings (SSSR count). The van der Waals surface area contributed by atoms with Gasteiger partial charge in [0.2, 0.25) is 0 Å². The van der Waals surface area contributed by atoms with Crippen molar-refractivity contribution >= 4 is 11.7 Å². The van der Waals surface area contributed by atoms with Crippen LogP contribution in [0.25, 0.3) is 0 Å². The van der Waals surface area contributed by atoms with Crippen LogP contribution in [0, 0.1) is 20.8 Å². The van der Waals surface area contributed by atoms with Crippen molar-refractivity contribution in [2.45, 2.75) is 33.7 Å². The van der Waals surface area contributed by atoms with Gasteiger partial charge in [-0.2, -0.15) is 0 Å². The second-order valence-electron chi connectivity index (χ2n) is 5.50. The van der Waals surface area contributed by atoms with Gasteiger partial charge in [-0.15, -0.1) is 0 Å². The molecule has 1 unspecified atom stereocenters. The average molecular weight is 282 g/mol. The number of benzene rings is 2. The third-order valence-corrected chi connectivity index (χ3v) is 3.63. The second-order valence-corrected chi connectivity index (χ2v) is 5.50. The molecule has 0 aliphatic carbocycles. The van der Waals surface area contributed by atoms with E-state index in [9.17, 15) is 4.79 Å². The van der Waals surface area contributed by atoms with Crippen molar-refractivity contribution < 1.29 is 4.79 Å². The molecule has 2 N–H and O–H groups in total. The highest BCUT2D eigenvalue weighted by molar-refractivity contribution is 5.90. The lowest BCUT2D eigenvalue weighted by Crippen LogP contribution is -2.31. The van der Waals surface area contributed by atoms with E-state index in [-0.39, 0.29) is 12.1 Å². The van der Waals surface area contributed by atoms with Crippen molar-refractivity contribution in [2.24, 2.45) is 0 Å². The largest absolute Gasteiger partial charge is 0.331 e. The Morgan fingerprint density at radius 2 is 1.71 bits per heavy atom. The molecule has 0 spiro atoms. The highest BCUT2D eigenvalue weighted by Gasteiger charge is 2.11. The Kier molecular flexibility index (Phi) is 4.63. The zero-order chi connectivity index (χ0) is 15.4. The zero-order valence-corrected chi connectivity index (χ0v) is 13.0. The number of carbonyl (C=O) groups is 1. The maximum Gasteiger partial charge on any atom is 0.319 e. The van der Waals surface area contributed by atoms with E-state index < -0.39 is 0 Å². The summed E-state index contributed by atoms with van der Waals surface area (Å²) < 4.78 is 0. The van der Waals surface area contributed by atoms with Crippen molar-refractivity contribution in [2.75, 3.05) is 5.32 Å². The fourth-order valence-corrected chi connectivity index (χ4v) is 2.46. The average Bonchev–Trinajstić information content (AvgIpc) is 2.42. The first-order chi connectivity index (χ1) is 9.97. The SMILES string of the molecule is Cc1ccc(NC(=O)NC(C)c2ccccc2C)c(C)c1. The second kappa shape index (κ2) is 6.44. The summed E-state index contributed by atoms with van der Waals surface area (Å²) in [5, 5.41) is 5.88. The van der Waals surface area contributed by atoms with E-state index in [1.54, 1.807) is 0 Å². The predicted molar refractivity (Wildman–Crippen MR) is 87.7 cm³/mol. The van der Waals surface area contributed by atoms with E-state index in [2.05, 4.69) is 29.7 Å². The van der Waals surface area contributed by atoms with E-state index in [1.165, 1.54) is 11.1 Å². The lowest BCUT2D eigenvalue weighted by Gasteiger charge is -2.17. The molecule has 2 amide bonds. The van der Waals surface area contributed by atoms with Crippen LogP contribution in [0.3, 0.4) is 0 Å². The first-order valence-corrected chi connectivity index (χ1v) is 7.17. The standard InChI is InChI=1S/C18H22N2O/c1-12-9-10-17(14(3)11-12)20-18(21)19-15(4)16-8-6-5-7-13(16)2/h5-11,15H,1-4H3,(H2,19,20,21). The molecule has 21 heavy (non-hydrogen) atoms. The summed E-state index contributed by atoms with van der Waals surface area (Å²) >= 11 is 0. The van der Waals surface area contributed by atoms with Crippen LogP contribution in [0.5, 0.6) is 0 Å². The van der Waals surface area contributed by atoms with Crippen LogP contribution in [0.1, 0.15) is 35.2 Å². The van der Waals surface area contributed by atoms with Crippen LogP contribution in [0.15, 0.2) is 42.5 Å². The zero-order valence-electron chi connectivity index (χ0n) is 13.0. The van der Waals surface area contributed by atoms with Crippen LogP contribution < -0.4 is 10.6 Å². The normalized spacial score (nSPS) is 11.8. The van der Waals surface area contributed by atoms with Gasteiger partial charge in [-0.25, -0.2) is 4.79 Å². The number of hydrogen-bond acceptors (Lipinski definition) is 1. The summed E-state index contributed by atoms with van der Waals surface area (Å²) in [6.45, 7) is 8.07. The van der Waals surface area contributed by atoms with Crippen LogP contribution in [0.4, 0.5) is 10.5 Å². The minimum Gasteiger partial charge on any atom is -0.331 e. The summed E-state index contributed by atoms with van der Waals surface area (Å²) in [4.78, 5) is 12.1. The van der Waals surface area contributed by atoms with Crippen molar-refractivity contribution in [3.8, 4) is 0 Å². The smallest absolute Gasteiger partial charge is 0.319 e. The Hall–Kier alpha value is -2.29. The number of aryl methyl sites for hydroxylation is 3. The quantitative estimate of drug-likeness (QED) is 0.855. The molecule has 0 heterocycles. The van der Waals surface area contributed by atoms with Crippen molar-refractivity contribution in [3.05, 3.63) is 64.7 Å². The molecule has 0 aliphatic heterocycles. The lowest BCUT2D eigenvalue weighted by atomic mass is 10.0. The topological polar surface area (TPSA) is 41.1 Å². The third kappa shape index (κ3) is 3.85. The molecule has 0 saturated heterocycles. The predicted octanol–water partition coefficient (Wildman–Crippen LogP) is 4.49. The molecule has 3 nitrogen and oxygen atoms in total. The fourth-order valence-electron chi connectivity index (χ4n) is 2.46. The van der Waals surface area contributed by atoms with Gasteiger partial charge in [-0.1, -0.05) is 42.0 Å². The number of anilines is 1. The maximum atomic E-state index is 12.1. The Morgan fingerprint density at radius 1 is 1.00 bits per heavy atom. The molecule has 2 aromatic rings. The highest BCUT2D eigenvalue weighted by Crippen LogP contribution is 2.18. The van der Waals surface area contributed by atoms with Gasteiger partial charge in [0.25, 0.3) is 0 Å². The Morgan fingerprint density at radius 3 is 2.38 bits per heavy atom. The molecule has 0 radical (unpaired) electrons. The Bertz CT molecular complexity index is 649. The summed E-state index contributed by atoms with van der Waals surface area (Å²) in [5.74, 6) is 0. The number of amides is 2. The number of hydrogen-bond donors (Lipinski definition) is 2. The molecule has 2 aromatic carbocycles. The van der Waals surface area contributed by atoms with E-state index >= 15 is 0 Å². The number of rotatable bonds is 3. The highest BCUT2D eigenvalue weighted by atomic mass is 16.2. The Labute approximate surface area is 126 Å². The molecule has 0 bridgehead atoms. The van der Waals surface area contributed by atoms with E-state index in [4.69, 9.17) is 0 Å². The molecular formula is C18H22N2O. The first kappa shape index (κ1) is 15.1. The molecule has 0 aromatic heterocycles. The van der Waals surface area contributed by atoms with E-state index in [0.717, 1.165) is 16.8 Å². The summed E-state index contributed by atoms with van der Waals surface area (Å²) in [7, 11) is 0. The summed E-state index contributed by atoms with van der Waals surface area (Å²) in [6, 6.07) is 13.8. The molecule has 3 heteroatoms. The van der Waals surface area contributed by atoms with Gasteiger partial charge in [0.15, 0.2) is 0 Å². The van der Waals surface area contributed by atoms with Crippen molar-refractivity contribution in [3.63, 3.8) is 0 Å². The number of nitrogens with one attached hydrogen (secondary N) is 2. The van der Waals surface area contributed by atoms with Gasteiger partial charge in [-0.05, 0) is 50.5 Å². The summed E-state index contributed by atoms with van der Waals surface area (Å²) in [6.07, 6.45) is 0. The van der Waals surface area contributed by atoms with E-state index in [0.29, 0.717) is 0 Å². The van der Waals surface area contributed by atoms with Gasteiger partial charge in [0, 0.05) is 5.69 Å². The van der Waals surface area contributed by atoms with Crippen LogP contribution in [-0.4, -0.2) is 6.03 Å². The number of carbonyl (C=O) groups excluding carboxylic acids is 1. The van der Waals surface area contributed by atoms with E-state index in [1.807, 2.05) is 51.1 Å². The molecular weight excluding hydrogens is 260 g/mol. The first-order valence-electron chi connectivity index (χ1n) is 7.17. The molecule has 1 atom stereocenters. The van der Waals surface area contributed by atoms with Gasteiger partial charge >= 0.3 is 6.03 Å². The van der Waals surface area contributed by atoms with Crippen molar-refractivity contribution in [1.29, 1.82) is 0 Å². The molecule has 0 saturated carbocycles. The number of urea groups is 1. The van der Waals surface area contributed by atoms with Crippen LogP contribution in [0.2, 0.25) is 0 Å². The maximum absolute atomic E-state index is 12.1. The fraction of sp³-hybridized carbons (Fsp3) is 0.278. The van der Waals surface area contributed by atoms with Gasteiger partial charge in [0.1, 0.15) is 0 Å². The molecule has 0 fully saturated rings. The third-order valence-electron chi connectivity index (χ3n) is 3.63. The van der Waals surface area contributed by atoms with Crippen molar-refractivity contribution in [1.82, 2.24) is 5.32 Å².